The van der Waals surface area contributed by atoms with Crippen LogP contribution in [0.15, 0.2) is 48.8 Å². The van der Waals surface area contributed by atoms with Crippen LogP contribution in [0.4, 0.5) is 5.69 Å². The number of fused-ring (bicyclic) bond motifs is 2. The molecular formula is C18H14N6O2. The van der Waals surface area contributed by atoms with Crippen molar-refractivity contribution in [3.05, 3.63) is 48.8 Å². The first-order valence-corrected chi connectivity index (χ1v) is 8.25. The average molecular weight is 346 g/mol. The third-order valence-corrected chi connectivity index (χ3v) is 5.01. The minimum atomic E-state index is -1.27. The summed E-state index contributed by atoms with van der Waals surface area (Å²) >= 11 is 0. The topological polar surface area (TPSA) is 96.1 Å². The molecule has 2 atom stereocenters. The number of carbonyl (C=O) groups excluding carboxylic acids is 1. The Balaban J connectivity index is 1.67. The Bertz CT molecular complexity index is 1070. The fraction of sp³-hybridized carbons (Fsp3) is 0.222. The van der Waals surface area contributed by atoms with Crippen LogP contribution in [-0.4, -0.2) is 44.3 Å². The van der Waals surface area contributed by atoms with Gasteiger partial charge in [-0.3, -0.25) is 9.48 Å². The highest BCUT2D eigenvalue weighted by molar-refractivity contribution is 5.92. The van der Waals surface area contributed by atoms with Gasteiger partial charge in [-0.25, -0.2) is 9.88 Å². The number of benzene rings is 1. The van der Waals surface area contributed by atoms with E-state index in [4.69, 9.17) is 4.74 Å². The van der Waals surface area contributed by atoms with Gasteiger partial charge in [-0.1, -0.05) is 18.2 Å². The van der Waals surface area contributed by atoms with Gasteiger partial charge in [0, 0.05) is 11.6 Å². The normalized spacial score (nSPS) is 24.2. The molecule has 0 bridgehead atoms. The number of anilines is 1. The molecule has 1 aromatic carbocycles. The number of aromatic nitrogens is 3. The summed E-state index contributed by atoms with van der Waals surface area (Å²) in [4.78, 5) is 18.4. The van der Waals surface area contributed by atoms with Crippen molar-refractivity contribution in [1.29, 1.82) is 5.26 Å². The Kier molecular flexibility index (Phi) is 2.94. The molecule has 2 aliphatic heterocycles. The zero-order valence-corrected chi connectivity index (χ0v) is 13.7. The van der Waals surface area contributed by atoms with Gasteiger partial charge in [-0.2, -0.15) is 10.4 Å². The highest BCUT2D eigenvalue weighted by atomic mass is 16.5. The number of nitriles is 1. The quantitative estimate of drug-likeness (QED) is 0.672. The fourth-order valence-corrected chi connectivity index (χ4v) is 3.72. The van der Waals surface area contributed by atoms with Crippen molar-refractivity contribution in [2.75, 3.05) is 18.4 Å². The molecule has 1 amide bonds. The maximum Gasteiger partial charge on any atom is 0.284 e. The second-order valence-electron chi connectivity index (χ2n) is 6.38. The third-order valence-electron chi connectivity index (χ3n) is 5.01. The summed E-state index contributed by atoms with van der Waals surface area (Å²) in [6, 6.07) is 10.9. The van der Waals surface area contributed by atoms with Crippen LogP contribution in [0.3, 0.4) is 0 Å². The van der Waals surface area contributed by atoms with Crippen LogP contribution >= 0.6 is 0 Å². The average Bonchev–Trinajstić information content (AvgIpc) is 3.22. The summed E-state index contributed by atoms with van der Waals surface area (Å²) in [6.07, 6.45) is 5.33. The molecule has 4 heterocycles. The van der Waals surface area contributed by atoms with Crippen LogP contribution in [0.2, 0.25) is 0 Å². The van der Waals surface area contributed by atoms with E-state index in [1.165, 1.54) is 0 Å². The van der Waals surface area contributed by atoms with E-state index in [9.17, 15) is 10.1 Å². The molecule has 2 aromatic heterocycles. The van der Waals surface area contributed by atoms with Crippen LogP contribution < -0.4 is 10.1 Å². The van der Waals surface area contributed by atoms with Crippen LogP contribution in [0.25, 0.3) is 10.9 Å². The minimum absolute atomic E-state index is 0.199. The van der Waals surface area contributed by atoms with Gasteiger partial charge in [0.2, 0.25) is 11.5 Å². The predicted octanol–water partition coefficient (Wildman–Crippen LogP) is 1.54. The van der Waals surface area contributed by atoms with Gasteiger partial charge in [0.15, 0.2) is 6.19 Å². The van der Waals surface area contributed by atoms with E-state index >= 15 is 0 Å². The molecule has 1 unspecified atom stereocenters. The van der Waals surface area contributed by atoms with Gasteiger partial charge in [-0.15, -0.1) is 0 Å². The van der Waals surface area contributed by atoms with E-state index in [0.717, 1.165) is 21.5 Å². The molecule has 8 heteroatoms. The highest BCUT2D eigenvalue weighted by Gasteiger charge is 2.60. The van der Waals surface area contributed by atoms with E-state index < -0.39 is 11.6 Å². The monoisotopic (exact) mass is 346 g/mol. The number of likely N-dealkylation sites (tertiary alicyclic amines) is 1. The van der Waals surface area contributed by atoms with E-state index in [2.05, 4.69) is 15.4 Å². The Hall–Kier alpha value is -3.60. The standard InChI is InChI=1S/C18H14N6O2/c19-11-23-9-15(24-14-6-2-1-4-12(14)8-22-24)18(17(23)25)10-21-13-5-3-7-20-16(13)26-18/h1-8,15,21H,9-10H2/t15?,18-/m0/s1. The van der Waals surface area contributed by atoms with Crippen LogP contribution in [0.5, 0.6) is 5.88 Å². The third kappa shape index (κ3) is 1.85. The van der Waals surface area contributed by atoms with Crippen LogP contribution in [0.1, 0.15) is 6.04 Å². The first-order valence-electron chi connectivity index (χ1n) is 8.25. The van der Waals surface area contributed by atoms with Crippen LogP contribution in [0, 0.1) is 11.5 Å². The summed E-state index contributed by atoms with van der Waals surface area (Å²) in [5.74, 6) is -0.0262. The molecular weight excluding hydrogens is 332 g/mol. The second-order valence-corrected chi connectivity index (χ2v) is 6.38. The molecule has 1 fully saturated rings. The molecule has 128 valence electrons. The number of hydrogen-bond donors (Lipinski definition) is 1. The molecule has 8 nitrogen and oxygen atoms in total. The van der Waals surface area contributed by atoms with Gasteiger partial charge in [0.05, 0.1) is 30.5 Å². The zero-order valence-electron chi connectivity index (χ0n) is 13.7. The molecule has 0 saturated carbocycles. The van der Waals surface area contributed by atoms with Crippen molar-refractivity contribution >= 4 is 22.5 Å². The van der Waals surface area contributed by atoms with Crippen molar-refractivity contribution in [2.45, 2.75) is 11.6 Å². The summed E-state index contributed by atoms with van der Waals surface area (Å²) < 4.78 is 7.91. The number of pyridine rings is 1. The van der Waals surface area contributed by atoms with Crippen molar-refractivity contribution < 1.29 is 9.53 Å². The largest absolute Gasteiger partial charge is 0.455 e. The molecule has 26 heavy (non-hydrogen) atoms. The molecule has 0 aliphatic carbocycles. The number of carbonyl (C=O) groups is 1. The summed E-state index contributed by atoms with van der Waals surface area (Å²) in [5, 5.41) is 18.1. The Morgan fingerprint density at radius 3 is 3.08 bits per heavy atom. The first kappa shape index (κ1) is 14.7. The number of nitrogens with one attached hydrogen (secondary N) is 1. The predicted molar refractivity (Wildman–Crippen MR) is 92.2 cm³/mol. The first-order chi connectivity index (χ1) is 12.7. The van der Waals surface area contributed by atoms with Gasteiger partial charge in [-0.05, 0) is 18.2 Å². The maximum absolute atomic E-state index is 13.0. The van der Waals surface area contributed by atoms with Crippen molar-refractivity contribution in [3.8, 4) is 12.1 Å². The number of para-hydroxylation sites is 1. The highest BCUT2D eigenvalue weighted by Crippen LogP contribution is 2.42. The van der Waals surface area contributed by atoms with Gasteiger partial charge in [0.1, 0.15) is 6.04 Å². The lowest BCUT2D eigenvalue weighted by molar-refractivity contribution is -0.139. The molecule has 5 rings (SSSR count). The van der Waals surface area contributed by atoms with Crippen molar-refractivity contribution in [2.24, 2.45) is 0 Å². The number of ether oxygens (including phenoxy) is 1. The van der Waals surface area contributed by atoms with E-state index in [1.54, 1.807) is 23.1 Å². The van der Waals surface area contributed by atoms with E-state index in [-0.39, 0.29) is 19.0 Å². The maximum atomic E-state index is 13.0. The summed E-state index contributed by atoms with van der Waals surface area (Å²) in [5.41, 5.74) is 0.344. The van der Waals surface area contributed by atoms with E-state index in [1.807, 2.05) is 36.5 Å². The van der Waals surface area contributed by atoms with Crippen LogP contribution in [-0.2, 0) is 4.79 Å². The number of hydrogen-bond acceptors (Lipinski definition) is 6. The van der Waals surface area contributed by atoms with E-state index in [0.29, 0.717) is 5.88 Å². The lowest BCUT2D eigenvalue weighted by atomic mass is 9.95. The van der Waals surface area contributed by atoms with Gasteiger partial charge in [0.25, 0.3) is 5.91 Å². The molecule has 3 aromatic rings. The molecule has 1 spiro atoms. The van der Waals surface area contributed by atoms with Gasteiger partial charge >= 0.3 is 0 Å². The smallest absolute Gasteiger partial charge is 0.284 e. The summed E-state index contributed by atoms with van der Waals surface area (Å²) in [7, 11) is 0. The molecule has 1 saturated heterocycles. The minimum Gasteiger partial charge on any atom is -0.455 e. The Morgan fingerprint density at radius 1 is 1.31 bits per heavy atom. The van der Waals surface area contributed by atoms with Crippen molar-refractivity contribution in [3.63, 3.8) is 0 Å². The SMILES string of the molecule is N#CN1CC(n2ncc3ccccc32)[C@@]2(CNc3cccnc3O2)C1=O. The molecule has 0 radical (unpaired) electrons. The zero-order chi connectivity index (χ0) is 17.7. The fourth-order valence-electron chi connectivity index (χ4n) is 3.72. The molecule has 2 aliphatic rings. The van der Waals surface area contributed by atoms with Gasteiger partial charge < -0.3 is 10.1 Å². The Morgan fingerprint density at radius 2 is 2.19 bits per heavy atom. The number of rotatable bonds is 1. The lowest BCUT2D eigenvalue weighted by Crippen LogP contribution is -2.56. The Labute approximate surface area is 148 Å². The summed E-state index contributed by atoms with van der Waals surface area (Å²) in [6.45, 7) is 0.437. The number of amides is 1. The number of nitrogens with zero attached hydrogens (tertiary/aromatic N) is 5. The molecule has 1 N–H and O–H groups in total. The van der Waals surface area contributed by atoms with Crippen molar-refractivity contribution in [1.82, 2.24) is 19.7 Å². The second kappa shape index (κ2) is 5.20. The lowest BCUT2D eigenvalue weighted by Gasteiger charge is -2.37.